The molecule has 5 rings (SSSR count). The number of piperidine rings is 1. The lowest BCUT2D eigenvalue weighted by molar-refractivity contribution is -0.187. The summed E-state index contributed by atoms with van der Waals surface area (Å²) < 4.78 is 25.0. The molecule has 3 aliphatic rings. The van der Waals surface area contributed by atoms with Crippen LogP contribution in [0.15, 0.2) is 48.5 Å². The van der Waals surface area contributed by atoms with Gasteiger partial charge < -0.3 is 19.3 Å². The molecular formula is C24H25FN2O4. The van der Waals surface area contributed by atoms with E-state index in [4.69, 9.17) is 9.47 Å². The van der Waals surface area contributed by atoms with Gasteiger partial charge in [-0.15, -0.1) is 0 Å². The lowest BCUT2D eigenvalue weighted by Gasteiger charge is -2.38. The summed E-state index contributed by atoms with van der Waals surface area (Å²) in [6.07, 6.45) is 1.45. The number of hydrogen-bond donors (Lipinski definition) is 0. The predicted octanol–water partition coefficient (Wildman–Crippen LogP) is 3.28. The van der Waals surface area contributed by atoms with E-state index in [1.807, 2.05) is 29.2 Å². The van der Waals surface area contributed by atoms with Crippen LogP contribution in [0.3, 0.4) is 0 Å². The van der Waals surface area contributed by atoms with Crippen molar-refractivity contribution in [2.24, 2.45) is 0 Å². The van der Waals surface area contributed by atoms with Crippen molar-refractivity contribution in [3.63, 3.8) is 0 Å². The Bertz CT molecular complexity index is 977. The fourth-order valence-electron chi connectivity index (χ4n) is 4.80. The molecule has 1 atom stereocenters. The molecule has 162 valence electrons. The summed E-state index contributed by atoms with van der Waals surface area (Å²) >= 11 is 0. The number of halogens is 1. The third kappa shape index (κ3) is 3.83. The van der Waals surface area contributed by atoms with E-state index in [0.717, 1.165) is 11.1 Å². The first-order valence-electron chi connectivity index (χ1n) is 10.7. The molecule has 2 aromatic rings. The van der Waals surface area contributed by atoms with Gasteiger partial charge >= 0.3 is 0 Å². The number of fused-ring (bicyclic) bond motifs is 1. The van der Waals surface area contributed by atoms with Crippen LogP contribution in [0.25, 0.3) is 0 Å². The number of ether oxygens (including phenoxy) is 2. The molecule has 1 spiro atoms. The molecule has 0 aromatic heterocycles. The van der Waals surface area contributed by atoms with E-state index in [1.54, 1.807) is 17.0 Å². The van der Waals surface area contributed by atoms with Crippen LogP contribution >= 0.6 is 0 Å². The zero-order valence-corrected chi connectivity index (χ0v) is 17.3. The highest BCUT2D eigenvalue weighted by atomic mass is 19.1. The molecule has 1 unspecified atom stereocenters. The number of likely N-dealkylation sites (tertiary alicyclic amines) is 1. The summed E-state index contributed by atoms with van der Waals surface area (Å²) in [5.41, 5.74) is 2.37. The van der Waals surface area contributed by atoms with Gasteiger partial charge in [-0.1, -0.05) is 30.3 Å². The molecule has 31 heavy (non-hydrogen) atoms. The van der Waals surface area contributed by atoms with Crippen LogP contribution in [0.1, 0.15) is 46.8 Å². The second-order valence-electron chi connectivity index (χ2n) is 8.35. The van der Waals surface area contributed by atoms with Gasteiger partial charge in [0.25, 0.3) is 5.91 Å². The number of carbonyl (C=O) groups is 2. The molecule has 6 nitrogen and oxygen atoms in total. The van der Waals surface area contributed by atoms with Crippen LogP contribution in [0.4, 0.5) is 4.39 Å². The summed E-state index contributed by atoms with van der Waals surface area (Å²) in [7, 11) is 0. The molecule has 0 saturated carbocycles. The van der Waals surface area contributed by atoms with Crippen LogP contribution < -0.4 is 0 Å². The van der Waals surface area contributed by atoms with Crippen molar-refractivity contribution in [1.29, 1.82) is 0 Å². The summed E-state index contributed by atoms with van der Waals surface area (Å²) in [6, 6.07) is 13.1. The van der Waals surface area contributed by atoms with Gasteiger partial charge in [0, 0.05) is 38.0 Å². The van der Waals surface area contributed by atoms with Crippen molar-refractivity contribution in [3.05, 3.63) is 71.0 Å². The van der Waals surface area contributed by atoms with Crippen molar-refractivity contribution in [2.45, 2.75) is 37.6 Å². The standard InChI is InChI=1S/C24H25FN2O4/c25-19-7-5-17(6-8-19)21(27-16-18-3-1-2-4-20(18)23(27)29)15-22(28)26-11-9-24(10-12-26)30-13-14-31-24/h1-8,21H,9-16H2. The molecule has 3 aliphatic heterocycles. The van der Waals surface area contributed by atoms with Crippen LogP contribution in [0.2, 0.25) is 0 Å². The molecule has 3 heterocycles. The molecule has 2 saturated heterocycles. The fraction of sp³-hybridized carbons (Fsp3) is 0.417. The number of benzene rings is 2. The maximum Gasteiger partial charge on any atom is 0.255 e. The number of rotatable bonds is 4. The highest BCUT2D eigenvalue weighted by Gasteiger charge is 2.42. The molecule has 2 fully saturated rings. The van der Waals surface area contributed by atoms with E-state index in [2.05, 4.69) is 0 Å². The number of hydrogen-bond acceptors (Lipinski definition) is 4. The molecule has 0 aliphatic carbocycles. The first-order chi connectivity index (χ1) is 15.0. The highest BCUT2D eigenvalue weighted by molar-refractivity contribution is 5.98. The maximum absolute atomic E-state index is 13.5. The Morgan fingerprint density at radius 2 is 1.71 bits per heavy atom. The zero-order chi connectivity index (χ0) is 21.4. The Hall–Kier alpha value is -2.77. The number of amides is 2. The monoisotopic (exact) mass is 424 g/mol. The summed E-state index contributed by atoms with van der Waals surface area (Å²) in [6.45, 7) is 2.75. The number of carbonyl (C=O) groups excluding carboxylic acids is 2. The minimum Gasteiger partial charge on any atom is -0.347 e. The smallest absolute Gasteiger partial charge is 0.255 e. The molecule has 7 heteroatoms. The maximum atomic E-state index is 13.5. The Kier molecular flexibility index (Phi) is 5.24. The number of nitrogens with zero attached hydrogens (tertiary/aromatic N) is 2. The third-order valence-corrected chi connectivity index (χ3v) is 6.54. The van der Waals surface area contributed by atoms with Crippen molar-refractivity contribution < 1.29 is 23.5 Å². The second-order valence-corrected chi connectivity index (χ2v) is 8.35. The zero-order valence-electron chi connectivity index (χ0n) is 17.3. The van der Waals surface area contributed by atoms with Gasteiger partial charge in [-0.3, -0.25) is 9.59 Å². The van der Waals surface area contributed by atoms with E-state index in [-0.39, 0.29) is 24.1 Å². The van der Waals surface area contributed by atoms with Crippen LogP contribution in [0, 0.1) is 5.82 Å². The highest BCUT2D eigenvalue weighted by Crippen LogP contribution is 2.35. The third-order valence-electron chi connectivity index (χ3n) is 6.54. The second kappa shape index (κ2) is 8.05. The Balaban J connectivity index is 1.35. The van der Waals surface area contributed by atoms with Gasteiger partial charge in [-0.25, -0.2) is 4.39 Å². The first kappa shape index (κ1) is 20.2. The van der Waals surface area contributed by atoms with Gasteiger partial charge in [-0.2, -0.15) is 0 Å². The lowest BCUT2D eigenvalue weighted by Crippen LogP contribution is -2.48. The van der Waals surface area contributed by atoms with Crippen LogP contribution in [-0.2, 0) is 20.8 Å². The largest absolute Gasteiger partial charge is 0.347 e. The summed E-state index contributed by atoms with van der Waals surface area (Å²) in [5.74, 6) is -1.00. The van der Waals surface area contributed by atoms with E-state index < -0.39 is 11.8 Å². The van der Waals surface area contributed by atoms with Gasteiger partial charge in [0.2, 0.25) is 5.91 Å². The molecule has 0 bridgehead atoms. The molecule has 0 N–H and O–H groups in total. The van der Waals surface area contributed by atoms with Crippen LogP contribution in [-0.4, -0.2) is 53.7 Å². The van der Waals surface area contributed by atoms with Gasteiger partial charge in [-0.05, 0) is 29.3 Å². The minimum atomic E-state index is -0.542. The van der Waals surface area contributed by atoms with Gasteiger partial charge in [0.1, 0.15) is 5.82 Å². The van der Waals surface area contributed by atoms with Crippen molar-refractivity contribution in [2.75, 3.05) is 26.3 Å². The topological polar surface area (TPSA) is 59.1 Å². The Morgan fingerprint density at radius 1 is 1.03 bits per heavy atom. The Morgan fingerprint density at radius 3 is 2.39 bits per heavy atom. The molecule has 0 radical (unpaired) electrons. The molecule has 2 amide bonds. The van der Waals surface area contributed by atoms with Gasteiger partial charge in [0.05, 0.1) is 25.7 Å². The van der Waals surface area contributed by atoms with E-state index in [1.165, 1.54) is 12.1 Å². The fourth-order valence-corrected chi connectivity index (χ4v) is 4.80. The average Bonchev–Trinajstić information content (AvgIpc) is 3.38. The van der Waals surface area contributed by atoms with E-state index in [9.17, 15) is 14.0 Å². The molecular weight excluding hydrogens is 399 g/mol. The molecule has 2 aromatic carbocycles. The van der Waals surface area contributed by atoms with Crippen molar-refractivity contribution in [1.82, 2.24) is 9.80 Å². The first-order valence-corrected chi connectivity index (χ1v) is 10.7. The normalized spacial score (nSPS) is 20.9. The van der Waals surface area contributed by atoms with Crippen molar-refractivity contribution in [3.8, 4) is 0 Å². The SMILES string of the molecule is O=C(CC(c1ccc(F)cc1)N1Cc2ccccc2C1=O)N1CCC2(CC1)OCCO2. The van der Waals surface area contributed by atoms with Crippen LogP contribution in [0.5, 0.6) is 0 Å². The van der Waals surface area contributed by atoms with Crippen molar-refractivity contribution >= 4 is 11.8 Å². The predicted molar refractivity (Wildman–Crippen MR) is 111 cm³/mol. The lowest BCUT2D eigenvalue weighted by atomic mass is 9.99. The quantitative estimate of drug-likeness (QED) is 0.756. The minimum absolute atomic E-state index is 0.0223. The summed E-state index contributed by atoms with van der Waals surface area (Å²) in [4.78, 5) is 29.9. The van der Waals surface area contributed by atoms with Gasteiger partial charge in [0.15, 0.2) is 5.79 Å². The van der Waals surface area contributed by atoms with E-state index >= 15 is 0 Å². The Labute approximate surface area is 180 Å². The van der Waals surface area contributed by atoms with E-state index in [0.29, 0.717) is 51.3 Å². The summed E-state index contributed by atoms with van der Waals surface area (Å²) in [5, 5.41) is 0. The average molecular weight is 424 g/mol.